The number of hydrogen-bond donors (Lipinski definition) is 1. The molecule has 50 valence electrons. The van der Waals surface area contributed by atoms with Crippen LogP contribution in [0.5, 0.6) is 0 Å². The number of hydrogen-bond acceptors (Lipinski definition) is 5. The van der Waals surface area contributed by atoms with Gasteiger partial charge in [-0.2, -0.15) is 5.26 Å². The Bertz CT molecular complexity index is 267. The lowest BCUT2D eigenvalue weighted by Gasteiger charge is -1.91. The Morgan fingerprint density at radius 1 is 1.70 bits per heavy atom. The second-order valence-electron chi connectivity index (χ2n) is 1.46. The molecule has 4 nitrogen and oxygen atoms in total. The molecule has 0 fully saturated rings. The molecule has 1 aromatic heterocycles. The van der Waals surface area contributed by atoms with Crippen LogP contribution in [0.3, 0.4) is 0 Å². The Morgan fingerprint density at radius 3 is 3.10 bits per heavy atom. The fraction of sp³-hybridized carbons (Fsp3) is 0. The van der Waals surface area contributed by atoms with E-state index in [0.29, 0.717) is 11.0 Å². The summed E-state index contributed by atoms with van der Waals surface area (Å²) in [6.45, 7) is 0. The van der Waals surface area contributed by atoms with Gasteiger partial charge in [0.15, 0.2) is 0 Å². The predicted octanol–water partition coefficient (Wildman–Crippen LogP) is 0.632. The summed E-state index contributed by atoms with van der Waals surface area (Å²) in [6, 6.07) is 1.57. The van der Waals surface area contributed by atoms with Crippen LogP contribution < -0.4 is 5.73 Å². The van der Waals surface area contributed by atoms with Crippen LogP contribution in [0.25, 0.3) is 0 Å². The van der Waals surface area contributed by atoms with Crippen LogP contribution in [0.1, 0.15) is 0 Å². The van der Waals surface area contributed by atoms with Gasteiger partial charge in [0, 0.05) is 18.0 Å². The van der Waals surface area contributed by atoms with Crippen LogP contribution >= 0.6 is 11.8 Å². The van der Waals surface area contributed by atoms with Crippen molar-refractivity contribution in [2.75, 3.05) is 5.73 Å². The van der Waals surface area contributed by atoms with E-state index in [1.165, 1.54) is 6.20 Å². The minimum absolute atomic E-state index is 0.382. The van der Waals surface area contributed by atoms with E-state index < -0.39 is 0 Å². The topological polar surface area (TPSA) is 75.6 Å². The van der Waals surface area contributed by atoms with Crippen LogP contribution in [0.4, 0.5) is 5.82 Å². The summed E-state index contributed by atoms with van der Waals surface area (Å²) >= 11 is 0.893. The van der Waals surface area contributed by atoms with Crippen LogP contribution in [0.15, 0.2) is 17.4 Å². The summed E-state index contributed by atoms with van der Waals surface area (Å²) < 4.78 is 0. The number of anilines is 1. The number of nitrogens with zero attached hydrogens (tertiary/aromatic N) is 3. The van der Waals surface area contributed by atoms with Gasteiger partial charge in [0.25, 0.3) is 0 Å². The van der Waals surface area contributed by atoms with Gasteiger partial charge in [0.05, 0.1) is 0 Å². The van der Waals surface area contributed by atoms with Crippen LogP contribution in [-0.2, 0) is 0 Å². The largest absolute Gasteiger partial charge is 0.384 e. The number of nitrogens with two attached hydrogens (primary N) is 1. The predicted molar refractivity (Wildman–Crippen MR) is 37.9 cm³/mol. The highest BCUT2D eigenvalue weighted by Crippen LogP contribution is 2.09. The molecular weight excluding hydrogens is 148 g/mol. The molecule has 0 amide bonds. The first kappa shape index (κ1) is 6.83. The first-order valence-corrected chi connectivity index (χ1v) is 3.29. The van der Waals surface area contributed by atoms with Crippen molar-refractivity contribution in [1.82, 2.24) is 9.97 Å². The highest BCUT2D eigenvalue weighted by molar-refractivity contribution is 8.03. The Labute approximate surface area is 62.1 Å². The molecular formula is C5H4N4S. The molecule has 0 saturated carbocycles. The SMILES string of the molecule is N#CSc1nccc(N)n1. The molecule has 1 aromatic rings. The summed E-state index contributed by atoms with van der Waals surface area (Å²) in [5.74, 6) is 0.382. The minimum Gasteiger partial charge on any atom is -0.384 e. The molecule has 0 atom stereocenters. The third kappa shape index (κ3) is 1.60. The van der Waals surface area contributed by atoms with Crippen molar-refractivity contribution in [3.63, 3.8) is 0 Å². The van der Waals surface area contributed by atoms with E-state index in [-0.39, 0.29) is 0 Å². The molecule has 2 N–H and O–H groups in total. The molecule has 10 heavy (non-hydrogen) atoms. The second kappa shape index (κ2) is 3.03. The summed E-state index contributed by atoms with van der Waals surface area (Å²) in [5.41, 5.74) is 5.32. The van der Waals surface area contributed by atoms with Gasteiger partial charge in [-0.1, -0.05) is 0 Å². The first-order valence-electron chi connectivity index (χ1n) is 2.47. The summed E-state index contributed by atoms with van der Waals surface area (Å²) in [4.78, 5) is 7.55. The Morgan fingerprint density at radius 2 is 2.50 bits per heavy atom. The van der Waals surface area contributed by atoms with Crippen LogP contribution in [-0.4, -0.2) is 9.97 Å². The third-order valence-electron chi connectivity index (χ3n) is 0.792. The highest BCUT2D eigenvalue weighted by Gasteiger charge is 1.94. The van der Waals surface area contributed by atoms with Crippen molar-refractivity contribution in [1.29, 1.82) is 5.26 Å². The van der Waals surface area contributed by atoms with Crippen LogP contribution in [0.2, 0.25) is 0 Å². The molecule has 0 bridgehead atoms. The molecule has 5 heteroatoms. The summed E-state index contributed by atoms with van der Waals surface area (Å²) in [7, 11) is 0. The van der Waals surface area contributed by atoms with Gasteiger partial charge in [0.2, 0.25) is 5.16 Å². The van der Waals surface area contributed by atoms with E-state index in [1.807, 2.05) is 5.40 Å². The van der Waals surface area contributed by atoms with E-state index >= 15 is 0 Å². The first-order chi connectivity index (χ1) is 4.83. The number of nitriles is 1. The quantitative estimate of drug-likeness (QED) is 0.363. The highest BCUT2D eigenvalue weighted by atomic mass is 32.2. The number of rotatable bonds is 1. The number of thiocyanates is 1. The van der Waals surface area contributed by atoms with Gasteiger partial charge < -0.3 is 5.73 Å². The number of nitrogen functional groups attached to an aromatic ring is 1. The lowest BCUT2D eigenvalue weighted by Crippen LogP contribution is -1.91. The molecule has 0 saturated heterocycles. The van der Waals surface area contributed by atoms with Gasteiger partial charge >= 0.3 is 0 Å². The molecule has 0 aliphatic heterocycles. The smallest absolute Gasteiger partial charge is 0.204 e. The second-order valence-corrected chi connectivity index (χ2v) is 2.21. The zero-order valence-electron chi connectivity index (χ0n) is 4.98. The van der Waals surface area contributed by atoms with Gasteiger partial charge in [-0.15, -0.1) is 0 Å². The maximum atomic E-state index is 8.20. The molecule has 0 radical (unpaired) electrons. The lowest BCUT2D eigenvalue weighted by molar-refractivity contribution is 0.981. The maximum Gasteiger partial charge on any atom is 0.204 e. The Hall–Kier alpha value is -1.28. The number of aromatic nitrogens is 2. The molecule has 0 aromatic carbocycles. The molecule has 1 heterocycles. The van der Waals surface area contributed by atoms with Crippen molar-refractivity contribution in [3.8, 4) is 5.40 Å². The van der Waals surface area contributed by atoms with E-state index in [0.717, 1.165) is 11.8 Å². The van der Waals surface area contributed by atoms with Crippen molar-refractivity contribution in [2.45, 2.75) is 5.16 Å². The summed E-state index contributed by atoms with van der Waals surface area (Å²) in [5, 5.41) is 10.4. The normalized spacial score (nSPS) is 8.70. The molecule has 1 rings (SSSR count). The average Bonchev–Trinajstić information content (AvgIpc) is 1.88. The fourth-order valence-corrected chi connectivity index (χ4v) is 0.790. The molecule has 0 aliphatic carbocycles. The van der Waals surface area contributed by atoms with Gasteiger partial charge in [0.1, 0.15) is 11.2 Å². The van der Waals surface area contributed by atoms with Gasteiger partial charge in [-0.05, 0) is 6.07 Å². The van der Waals surface area contributed by atoms with E-state index in [1.54, 1.807) is 6.07 Å². The van der Waals surface area contributed by atoms with Crippen LogP contribution in [0, 0.1) is 10.7 Å². The zero-order valence-corrected chi connectivity index (χ0v) is 5.80. The van der Waals surface area contributed by atoms with E-state index in [4.69, 9.17) is 11.0 Å². The van der Waals surface area contributed by atoms with Crippen molar-refractivity contribution in [3.05, 3.63) is 12.3 Å². The fourth-order valence-electron chi connectivity index (χ4n) is 0.444. The number of thioether (sulfide) groups is 1. The molecule has 0 unspecified atom stereocenters. The standard InChI is InChI=1S/C5H4N4S/c6-3-10-5-8-2-1-4(7)9-5/h1-2H,(H2,7,8,9). The van der Waals surface area contributed by atoms with Crippen molar-refractivity contribution < 1.29 is 0 Å². The zero-order chi connectivity index (χ0) is 7.40. The Balaban J connectivity index is 2.87. The van der Waals surface area contributed by atoms with Gasteiger partial charge in [-0.25, -0.2) is 9.97 Å². The van der Waals surface area contributed by atoms with E-state index in [2.05, 4.69) is 9.97 Å². The van der Waals surface area contributed by atoms with Crippen molar-refractivity contribution >= 4 is 17.6 Å². The lowest BCUT2D eigenvalue weighted by atomic mass is 10.6. The Kier molecular flexibility index (Phi) is 2.07. The average molecular weight is 152 g/mol. The van der Waals surface area contributed by atoms with Gasteiger partial charge in [-0.3, -0.25) is 0 Å². The maximum absolute atomic E-state index is 8.20. The summed E-state index contributed by atoms with van der Waals surface area (Å²) in [6.07, 6.45) is 1.52. The van der Waals surface area contributed by atoms with Crippen molar-refractivity contribution in [2.24, 2.45) is 0 Å². The van der Waals surface area contributed by atoms with E-state index in [9.17, 15) is 0 Å². The molecule has 0 spiro atoms. The monoisotopic (exact) mass is 152 g/mol. The molecule has 0 aliphatic rings. The minimum atomic E-state index is 0.382. The third-order valence-corrected chi connectivity index (χ3v) is 1.26.